The normalized spacial score (nSPS) is 10.3. The first-order valence-corrected chi connectivity index (χ1v) is 7.18. The second-order valence-electron chi connectivity index (χ2n) is 5.09. The molecular weight excluding hydrogens is 308 g/mol. The monoisotopic (exact) mass is 322 g/mol. The van der Waals surface area contributed by atoms with Crippen molar-refractivity contribution in [1.82, 2.24) is 14.8 Å². The van der Waals surface area contributed by atoms with Crippen LogP contribution in [0.25, 0.3) is 0 Å². The van der Waals surface area contributed by atoms with Gasteiger partial charge in [0.25, 0.3) is 5.91 Å². The summed E-state index contributed by atoms with van der Waals surface area (Å²) >= 11 is 0. The number of carboxylic acids is 1. The third kappa shape index (κ3) is 3.46. The van der Waals surface area contributed by atoms with Crippen molar-refractivity contribution in [3.05, 3.63) is 77.9 Å². The summed E-state index contributed by atoms with van der Waals surface area (Å²) in [6.07, 6.45) is 3.09. The van der Waals surface area contributed by atoms with Crippen LogP contribution in [0.5, 0.6) is 0 Å². The van der Waals surface area contributed by atoms with E-state index in [2.05, 4.69) is 15.4 Å². The molecule has 0 spiro atoms. The number of aromatic carboxylic acids is 1. The molecule has 3 rings (SSSR count). The number of amides is 1. The molecule has 0 aliphatic carbocycles. The van der Waals surface area contributed by atoms with Gasteiger partial charge < -0.3 is 10.4 Å². The molecule has 0 saturated carbocycles. The molecule has 0 bridgehead atoms. The number of rotatable bonds is 5. The highest BCUT2D eigenvalue weighted by molar-refractivity contribution is 6.10. The van der Waals surface area contributed by atoms with Crippen molar-refractivity contribution in [3.63, 3.8) is 0 Å². The Morgan fingerprint density at radius 1 is 1.04 bits per heavy atom. The van der Waals surface area contributed by atoms with Crippen LogP contribution in [0.15, 0.2) is 61.2 Å². The Morgan fingerprint density at radius 2 is 1.75 bits per heavy atom. The maximum absolute atomic E-state index is 12.3. The zero-order valence-corrected chi connectivity index (χ0v) is 12.6. The Bertz CT molecular complexity index is 858. The Hall–Kier alpha value is -3.48. The highest BCUT2D eigenvalue weighted by Gasteiger charge is 2.15. The van der Waals surface area contributed by atoms with Crippen molar-refractivity contribution >= 4 is 17.6 Å². The minimum atomic E-state index is -1.14. The van der Waals surface area contributed by atoms with Crippen molar-refractivity contribution in [2.45, 2.75) is 6.54 Å². The Labute approximate surface area is 137 Å². The average Bonchev–Trinajstić information content (AvgIpc) is 3.09. The van der Waals surface area contributed by atoms with E-state index >= 15 is 0 Å². The lowest BCUT2D eigenvalue weighted by molar-refractivity contribution is 0.0692. The fraction of sp³-hybridized carbons (Fsp3) is 0.0588. The summed E-state index contributed by atoms with van der Waals surface area (Å²) < 4.78 is 1.69. The van der Waals surface area contributed by atoms with Crippen LogP contribution < -0.4 is 5.32 Å². The van der Waals surface area contributed by atoms with Crippen LogP contribution in [0.4, 0.5) is 5.69 Å². The molecule has 0 aliphatic rings. The van der Waals surface area contributed by atoms with Crippen molar-refractivity contribution in [2.75, 3.05) is 5.32 Å². The first-order valence-electron chi connectivity index (χ1n) is 7.18. The number of hydrogen-bond acceptors (Lipinski definition) is 4. The maximum Gasteiger partial charge on any atom is 0.336 e. The van der Waals surface area contributed by atoms with Gasteiger partial charge in [0.15, 0.2) is 0 Å². The smallest absolute Gasteiger partial charge is 0.336 e. The largest absolute Gasteiger partial charge is 0.478 e. The van der Waals surface area contributed by atoms with Gasteiger partial charge in [0, 0.05) is 5.69 Å². The van der Waals surface area contributed by atoms with Gasteiger partial charge in [-0.1, -0.05) is 24.3 Å². The van der Waals surface area contributed by atoms with E-state index in [9.17, 15) is 9.59 Å². The maximum atomic E-state index is 12.3. The molecular formula is C17H14N4O3. The van der Waals surface area contributed by atoms with Crippen LogP contribution in [-0.2, 0) is 6.54 Å². The summed E-state index contributed by atoms with van der Waals surface area (Å²) in [5.41, 5.74) is 1.68. The van der Waals surface area contributed by atoms with E-state index in [1.807, 2.05) is 12.1 Å². The fourth-order valence-corrected chi connectivity index (χ4v) is 2.26. The summed E-state index contributed by atoms with van der Waals surface area (Å²) in [6.45, 7) is 0.579. The van der Waals surface area contributed by atoms with E-state index in [4.69, 9.17) is 5.11 Å². The molecule has 24 heavy (non-hydrogen) atoms. The van der Waals surface area contributed by atoms with Crippen LogP contribution in [-0.4, -0.2) is 31.7 Å². The second-order valence-corrected chi connectivity index (χ2v) is 5.09. The molecule has 2 N–H and O–H groups in total. The van der Waals surface area contributed by atoms with E-state index in [1.54, 1.807) is 35.3 Å². The lowest BCUT2D eigenvalue weighted by atomic mass is 10.1. The number of carbonyl (C=O) groups excluding carboxylic acids is 1. The van der Waals surface area contributed by atoms with Gasteiger partial charge in [-0.3, -0.25) is 4.79 Å². The molecule has 0 fully saturated rings. The molecule has 2 aromatic carbocycles. The van der Waals surface area contributed by atoms with Gasteiger partial charge in [0.1, 0.15) is 12.7 Å². The first kappa shape index (κ1) is 15.4. The Morgan fingerprint density at radius 3 is 2.38 bits per heavy atom. The second kappa shape index (κ2) is 6.74. The zero-order valence-electron chi connectivity index (χ0n) is 12.6. The average molecular weight is 322 g/mol. The lowest BCUT2D eigenvalue weighted by Gasteiger charge is -2.08. The number of carbonyl (C=O) groups is 2. The van der Waals surface area contributed by atoms with Gasteiger partial charge in [-0.2, -0.15) is 5.10 Å². The third-order valence-electron chi connectivity index (χ3n) is 3.43. The van der Waals surface area contributed by atoms with Crippen molar-refractivity contribution < 1.29 is 14.7 Å². The molecule has 120 valence electrons. The van der Waals surface area contributed by atoms with Gasteiger partial charge in [-0.15, -0.1) is 0 Å². The fourth-order valence-electron chi connectivity index (χ4n) is 2.26. The molecule has 1 heterocycles. The topological polar surface area (TPSA) is 97.1 Å². The minimum Gasteiger partial charge on any atom is -0.478 e. The minimum absolute atomic E-state index is 0.0298. The Balaban J connectivity index is 1.72. The van der Waals surface area contributed by atoms with Crippen LogP contribution in [0.3, 0.4) is 0 Å². The molecule has 0 saturated heterocycles. The zero-order chi connectivity index (χ0) is 16.9. The molecule has 0 radical (unpaired) electrons. The number of anilines is 1. The van der Waals surface area contributed by atoms with Gasteiger partial charge in [-0.05, 0) is 29.8 Å². The number of aromatic nitrogens is 3. The van der Waals surface area contributed by atoms with Gasteiger partial charge in [-0.25, -0.2) is 14.5 Å². The summed E-state index contributed by atoms with van der Waals surface area (Å²) in [7, 11) is 0. The standard InChI is InChI=1S/C17H14N4O3/c22-16(14-3-1-2-4-15(14)17(23)24)20-13-7-5-12(6-8-13)9-21-11-18-10-19-21/h1-8,10-11H,9H2,(H,20,22)(H,23,24). The number of hydrogen-bond donors (Lipinski definition) is 2. The molecule has 7 nitrogen and oxygen atoms in total. The Kier molecular flexibility index (Phi) is 4.33. The third-order valence-corrected chi connectivity index (χ3v) is 3.43. The molecule has 0 unspecified atom stereocenters. The summed E-state index contributed by atoms with van der Waals surface area (Å²) in [5.74, 6) is -1.60. The van der Waals surface area contributed by atoms with Gasteiger partial charge in [0.2, 0.25) is 0 Å². The number of nitrogens with one attached hydrogen (secondary N) is 1. The number of carboxylic acid groups (broad SMARTS) is 1. The van der Waals surface area contributed by atoms with E-state index in [0.717, 1.165) is 5.56 Å². The molecule has 0 atom stereocenters. The van der Waals surface area contributed by atoms with E-state index in [1.165, 1.54) is 18.5 Å². The predicted molar refractivity (Wildman–Crippen MR) is 86.9 cm³/mol. The van der Waals surface area contributed by atoms with E-state index < -0.39 is 11.9 Å². The van der Waals surface area contributed by atoms with E-state index in [-0.39, 0.29) is 11.1 Å². The first-order chi connectivity index (χ1) is 11.6. The van der Waals surface area contributed by atoms with Gasteiger partial charge in [0.05, 0.1) is 17.7 Å². The summed E-state index contributed by atoms with van der Waals surface area (Å²) in [6, 6.07) is 13.3. The van der Waals surface area contributed by atoms with Crippen LogP contribution >= 0.6 is 0 Å². The molecule has 7 heteroatoms. The molecule has 1 aromatic heterocycles. The SMILES string of the molecule is O=C(O)c1ccccc1C(=O)Nc1ccc(Cn2cncn2)cc1. The quantitative estimate of drug-likeness (QED) is 0.751. The van der Waals surface area contributed by atoms with E-state index in [0.29, 0.717) is 12.2 Å². The van der Waals surface area contributed by atoms with Crippen molar-refractivity contribution in [1.29, 1.82) is 0 Å². The molecule has 1 amide bonds. The highest BCUT2D eigenvalue weighted by Crippen LogP contribution is 2.14. The highest BCUT2D eigenvalue weighted by atomic mass is 16.4. The number of nitrogens with zero attached hydrogens (tertiary/aromatic N) is 3. The van der Waals surface area contributed by atoms with Crippen molar-refractivity contribution in [2.24, 2.45) is 0 Å². The predicted octanol–water partition coefficient (Wildman–Crippen LogP) is 2.28. The summed E-state index contributed by atoms with van der Waals surface area (Å²) in [4.78, 5) is 27.3. The van der Waals surface area contributed by atoms with Crippen LogP contribution in [0, 0.1) is 0 Å². The van der Waals surface area contributed by atoms with Crippen LogP contribution in [0.2, 0.25) is 0 Å². The summed E-state index contributed by atoms with van der Waals surface area (Å²) in [5, 5.41) is 15.9. The van der Waals surface area contributed by atoms with Gasteiger partial charge >= 0.3 is 5.97 Å². The lowest BCUT2D eigenvalue weighted by Crippen LogP contribution is -2.16. The van der Waals surface area contributed by atoms with Crippen LogP contribution in [0.1, 0.15) is 26.3 Å². The molecule has 3 aromatic rings. The molecule has 0 aliphatic heterocycles. The van der Waals surface area contributed by atoms with Crippen molar-refractivity contribution in [3.8, 4) is 0 Å². The number of benzene rings is 2.